The first kappa shape index (κ1) is 23.5. The summed E-state index contributed by atoms with van der Waals surface area (Å²) in [4.78, 5) is 25.2. The third-order valence-electron chi connectivity index (χ3n) is 6.83. The third-order valence-corrected chi connectivity index (χ3v) is 6.83. The Bertz CT molecular complexity index is 2010. The molecule has 8 heteroatoms. The van der Waals surface area contributed by atoms with Crippen LogP contribution in [-0.4, -0.2) is 31.1 Å². The molecule has 0 spiro atoms. The molecule has 0 aliphatic carbocycles. The number of pyridine rings is 1. The fourth-order valence-electron chi connectivity index (χ4n) is 4.83. The summed E-state index contributed by atoms with van der Waals surface area (Å²) in [6, 6.07) is 29.2. The highest BCUT2D eigenvalue weighted by Gasteiger charge is 2.16. The van der Waals surface area contributed by atoms with E-state index in [0.29, 0.717) is 22.8 Å². The highest BCUT2D eigenvalue weighted by atomic mass is 19.1. The molecular weight excluding hydrogens is 503 g/mol. The smallest absolute Gasteiger partial charge is 0.255 e. The number of rotatable bonds is 5. The molecule has 0 aliphatic rings. The van der Waals surface area contributed by atoms with Gasteiger partial charge in [-0.25, -0.2) is 9.37 Å². The van der Waals surface area contributed by atoms with Gasteiger partial charge in [-0.15, -0.1) is 0 Å². The van der Waals surface area contributed by atoms with E-state index in [9.17, 15) is 9.18 Å². The lowest BCUT2D eigenvalue weighted by molar-refractivity contribution is 0.102. The van der Waals surface area contributed by atoms with Crippen molar-refractivity contribution in [2.45, 2.75) is 0 Å². The first-order valence-corrected chi connectivity index (χ1v) is 12.7. The van der Waals surface area contributed by atoms with E-state index in [0.717, 1.165) is 44.2 Å². The maximum atomic E-state index is 13.5. The maximum Gasteiger partial charge on any atom is 0.255 e. The number of anilines is 1. The SMILES string of the molecule is O=C(Nc1cccc(-c2ccc3[nH]nc(-c4nc5c(-c6ccc(F)cc6)cncc5[nH]4)c3c2)c1)c1ccccc1. The Balaban J connectivity index is 1.25. The molecule has 0 bridgehead atoms. The number of carbonyl (C=O) groups is 1. The van der Waals surface area contributed by atoms with Gasteiger partial charge in [-0.3, -0.25) is 14.9 Å². The van der Waals surface area contributed by atoms with Crippen LogP contribution in [0.5, 0.6) is 0 Å². The second-order valence-electron chi connectivity index (χ2n) is 9.41. The molecule has 0 atom stereocenters. The zero-order valence-electron chi connectivity index (χ0n) is 21.0. The zero-order chi connectivity index (χ0) is 27.1. The van der Waals surface area contributed by atoms with Crippen LogP contribution in [0, 0.1) is 5.82 Å². The number of hydrogen-bond acceptors (Lipinski definition) is 4. The van der Waals surface area contributed by atoms with Crippen molar-refractivity contribution in [3.8, 4) is 33.8 Å². The van der Waals surface area contributed by atoms with Gasteiger partial charge < -0.3 is 10.3 Å². The Kier molecular flexibility index (Phi) is 5.63. The van der Waals surface area contributed by atoms with Gasteiger partial charge in [-0.1, -0.05) is 48.5 Å². The largest absolute Gasteiger partial charge is 0.335 e. The Morgan fingerprint density at radius 2 is 1.57 bits per heavy atom. The second kappa shape index (κ2) is 9.59. The number of nitrogens with zero attached hydrogens (tertiary/aromatic N) is 3. The van der Waals surface area contributed by atoms with E-state index in [1.165, 1.54) is 12.1 Å². The number of imidazole rings is 1. The van der Waals surface area contributed by atoms with E-state index < -0.39 is 0 Å². The van der Waals surface area contributed by atoms with Crippen LogP contribution in [0.1, 0.15) is 10.4 Å². The number of nitrogens with one attached hydrogen (secondary N) is 3. The van der Waals surface area contributed by atoms with Crippen molar-refractivity contribution in [2.75, 3.05) is 5.32 Å². The summed E-state index contributed by atoms with van der Waals surface area (Å²) in [6.45, 7) is 0. The number of halogens is 1. The lowest BCUT2D eigenvalue weighted by Crippen LogP contribution is -2.11. The summed E-state index contributed by atoms with van der Waals surface area (Å²) in [5.74, 6) is 0.137. The van der Waals surface area contributed by atoms with Crippen LogP contribution in [0.4, 0.5) is 10.1 Å². The number of H-pyrrole nitrogens is 2. The van der Waals surface area contributed by atoms with E-state index in [4.69, 9.17) is 4.98 Å². The second-order valence-corrected chi connectivity index (χ2v) is 9.41. The number of carbonyl (C=O) groups excluding carboxylic acids is 1. The van der Waals surface area contributed by atoms with Crippen LogP contribution in [0.3, 0.4) is 0 Å². The lowest BCUT2D eigenvalue weighted by Gasteiger charge is -2.08. The summed E-state index contributed by atoms with van der Waals surface area (Å²) >= 11 is 0. The minimum atomic E-state index is -0.297. The van der Waals surface area contributed by atoms with Crippen molar-refractivity contribution >= 4 is 33.5 Å². The van der Waals surface area contributed by atoms with Crippen LogP contribution in [-0.2, 0) is 0 Å². The topological polar surface area (TPSA) is 99.3 Å². The molecule has 1 amide bonds. The monoisotopic (exact) mass is 524 g/mol. The molecule has 3 N–H and O–H groups in total. The maximum absolute atomic E-state index is 13.5. The van der Waals surface area contributed by atoms with Gasteiger partial charge in [0, 0.05) is 28.4 Å². The Morgan fingerprint density at radius 3 is 2.42 bits per heavy atom. The Hall–Kier alpha value is -5.63. The fraction of sp³-hybridized carbons (Fsp3) is 0. The number of amides is 1. The number of aromatic nitrogens is 5. The molecule has 3 aromatic heterocycles. The predicted octanol–water partition coefficient (Wildman–Crippen LogP) is 7.23. The van der Waals surface area contributed by atoms with Crippen molar-refractivity contribution < 1.29 is 9.18 Å². The molecule has 4 aromatic carbocycles. The molecule has 7 nitrogen and oxygen atoms in total. The fourth-order valence-corrected chi connectivity index (χ4v) is 4.83. The molecule has 192 valence electrons. The highest BCUT2D eigenvalue weighted by Crippen LogP contribution is 2.33. The summed E-state index contributed by atoms with van der Waals surface area (Å²) in [7, 11) is 0. The van der Waals surface area contributed by atoms with Gasteiger partial charge in [0.2, 0.25) is 0 Å². The van der Waals surface area contributed by atoms with Gasteiger partial charge >= 0.3 is 0 Å². The van der Waals surface area contributed by atoms with Crippen LogP contribution in [0.25, 0.3) is 55.7 Å². The van der Waals surface area contributed by atoms with Crippen molar-refractivity contribution in [1.82, 2.24) is 25.1 Å². The quantitative estimate of drug-likeness (QED) is 0.221. The zero-order valence-corrected chi connectivity index (χ0v) is 21.0. The van der Waals surface area contributed by atoms with Crippen molar-refractivity contribution in [1.29, 1.82) is 0 Å². The summed E-state index contributed by atoms with van der Waals surface area (Å²) in [5, 5.41) is 11.5. The minimum Gasteiger partial charge on any atom is -0.335 e. The predicted molar refractivity (Wildman–Crippen MR) is 154 cm³/mol. The molecule has 0 fully saturated rings. The van der Waals surface area contributed by atoms with Crippen LogP contribution in [0.2, 0.25) is 0 Å². The Labute approximate surface area is 227 Å². The van der Waals surface area contributed by atoms with Gasteiger partial charge in [0.05, 0.1) is 22.7 Å². The number of aromatic amines is 2. The van der Waals surface area contributed by atoms with Crippen molar-refractivity contribution in [3.05, 3.63) is 121 Å². The molecule has 0 radical (unpaired) electrons. The first-order valence-electron chi connectivity index (χ1n) is 12.7. The van der Waals surface area contributed by atoms with E-state index in [1.54, 1.807) is 36.7 Å². The molecule has 0 saturated heterocycles. The van der Waals surface area contributed by atoms with E-state index in [1.807, 2.05) is 54.6 Å². The summed E-state index contributed by atoms with van der Waals surface area (Å²) in [6.07, 6.45) is 3.44. The molecule has 40 heavy (non-hydrogen) atoms. The molecule has 0 saturated carbocycles. The third kappa shape index (κ3) is 4.27. The van der Waals surface area contributed by atoms with Crippen LogP contribution >= 0.6 is 0 Å². The van der Waals surface area contributed by atoms with E-state index in [-0.39, 0.29) is 11.7 Å². The van der Waals surface area contributed by atoms with Gasteiger partial charge in [0.15, 0.2) is 5.82 Å². The standard InChI is InChI=1S/C32H21FN6O/c33-23-12-9-19(10-13-23)26-17-34-18-28-29(26)37-31(36-28)30-25-16-22(11-14-27(25)38-39-30)21-7-4-8-24(15-21)35-32(40)20-5-2-1-3-6-20/h1-18H,(H,35,40)(H,36,37)(H,38,39). The highest BCUT2D eigenvalue weighted by molar-refractivity contribution is 6.04. The molecule has 0 aliphatic heterocycles. The number of benzene rings is 4. The average molecular weight is 525 g/mol. The number of hydrogen-bond donors (Lipinski definition) is 3. The summed E-state index contributed by atoms with van der Waals surface area (Å²) < 4.78 is 13.5. The van der Waals surface area contributed by atoms with Crippen molar-refractivity contribution in [3.63, 3.8) is 0 Å². The van der Waals surface area contributed by atoms with Gasteiger partial charge in [-0.2, -0.15) is 5.10 Å². The Morgan fingerprint density at radius 1 is 0.775 bits per heavy atom. The molecular formula is C32H21FN6O. The van der Waals surface area contributed by atoms with E-state index >= 15 is 0 Å². The lowest BCUT2D eigenvalue weighted by atomic mass is 10.0. The number of fused-ring (bicyclic) bond motifs is 2. The normalized spacial score (nSPS) is 11.2. The minimum absolute atomic E-state index is 0.162. The van der Waals surface area contributed by atoms with Crippen LogP contribution in [0.15, 0.2) is 109 Å². The van der Waals surface area contributed by atoms with Gasteiger partial charge in [0.25, 0.3) is 5.91 Å². The molecule has 0 unspecified atom stereocenters. The average Bonchev–Trinajstić information content (AvgIpc) is 3.62. The molecule has 7 rings (SSSR count). The van der Waals surface area contributed by atoms with Gasteiger partial charge in [-0.05, 0) is 65.2 Å². The molecule has 7 aromatic rings. The molecule has 3 heterocycles. The first-order chi connectivity index (χ1) is 19.6. The van der Waals surface area contributed by atoms with Crippen molar-refractivity contribution in [2.24, 2.45) is 0 Å². The van der Waals surface area contributed by atoms with Crippen LogP contribution < -0.4 is 5.32 Å². The van der Waals surface area contributed by atoms with Gasteiger partial charge in [0.1, 0.15) is 11.5 Å². The van der Waals surface area contributed by atoms with E-state index in [2.05, 4.69) is 31.5 Å². The summed E-state index contributed by atoms with van der Waals surface area (Å²) in [5.41, 5.74) is 7.87.